The van der Waals surface area contributed by atoms with Gasteiger partial charge >= 0.3 is 16.4 Å². The molecule has 56 heavy (non-hydrogen) atoms. The number of carbonyl (C=O) groups is 1. The lowest BCUT2D eigenvalue weighted by Crippen LogP contribution is -2.50. The summed E-state index contributed by atoms with van der Waals surface area (Å²) in [6, 6.07) is 11.1. The number of sulfone groups is 1. The number of benzene rings is 4. The number of carboxylic acid groups (broad SMARTS) is 1. The van der Waals surface area contributed by atoms with Crippen molar-refractivity contribution in [2.75, 3.05) is 30.3 Å². The molecule has 0 heterocycles. The van der Waals surface area contributed by atoms with E-state index >= 15 is 0 Å². The van der Waals surface area contributed by atoms with Gasteiger partial charge in [0.05, 0.1) is 53.6 Å². The van der Waals surface area contributed by atoms with E-state index in [4.69, 9.17) is 19.4 Å². The smallest absolute Gasteiger partial charge is 0.397 e. The van der Waals surface area contributed by atoms with Crippen molar-refractivity contribution in [1.29, 1.82) is 5.41 Å². The topological polar surface area (TPSA) is 305 Å². The zero-order valence-electron chi connectivity index (χ0n) is 30.1. The van der Waals surface area contributed by atoms with Crippen LogP contribution in [-0.2, 0) is 42.4 Å². The summed E-state index contributed by atoms with van der Waals surface area (Å²) in [5.74, 6) is -1.99. The van der Waals surface area contributed by atoms with Crippen LogP contribution in [-0.4, -0.2) is 63.4 Å². The normalized spacial score (nSPS) is 12.5. The van der Waals surface area contributed by atoms with Gasteiger partial charge in [0.2, 0.25) is 10.9 Å². The number of anilines is 2. The van der Waals surface area contributed by atoms with Crippen molar-refractivity contribution in [2.45, 2.75) is 38.9 Å². The Labute approximate surface area is 318 Å². The number of methoxy groups -OCH3 is 1. The van der Waals surface area contributed by atoms with Crippen LogP contribution in [0.15, 0.2) is 83.4 Å². The Hall–Kier alpha value is -6.20. The van der Waals surface area contributed by atoms with E-state index in [0.29, 0.717) is 28.8 Å². The maximum atomic E-state index is 13.5. The molecule has 4 aromatic carbocycles. The fraction of sp³-hybridized carbons (Fsp3) is 0.235. The van der Waals surface area contributed by atoms with Gasteiger partial charge in [0.15, 0.2) is 21.6 Å². The summed E-state index contributed by atoms with van der Waals surface area (Å²) in [5, 5.41) is 41.9. The van der Waals surface area contributed by atoms with Crippen LogP contribution in [0.1, 0.15) is 38.2 Å². The van der Waals surface area contributed by atoms with Crippen molar-refractivity contribution < 1.29 is 50.1 Å². The maximum Gasteiger partial charge on any atom is 0.397 e. The lowest BCUT2D eigenvalue weighted by Gasteiger charge is -2.13. The number of rotatable bonds is 17. The van der Waals surface area contributed by atoms with Gasteiger partial charge in [0.25, 0.3) is 0 Å². The Morgan fingerprint density at radius 3 is 2.20 bits per heavy atom. The van der Waals surface area contributed by atoms with Crippen LogP contribution < -0.4 is 37.2 Å². The Morgan fingerprint density at radius 2 is 1.55 bits per heavy atom. The number of azo groups is 1. The predicted octanol–water partition coefficient (Wildman–Crippen LogP) is 2.39. The first-order chi connectivity index (χ1) is 26.4. The maximum absolute atomic E-state index is 13.5. The molecule has 22 heteroatoms. The number of nitrogens with zero attached hydrogens (tertiary/aromatic N) is 4. The molecule has 0 aromatic heterocycles. The van der Waals surface area contributed by atoms with Gasteiger partial charge in [-0.1, -0.05) is 0 Å². The third kappa shape index (κ3) is 10.5. The summed E-state index contributed by atoms with van der Waals surface area (Å²) in [5.41, 5.74) is 5.34. The molecule has 0 aliphatic carbocycles. The van der Waals surface area contributed by atoms with Gasteiger partial charge < -0.3 is 19.7 Å². The van der Waals surface area contributed by atoms with E-state index in [-0.39, 0.29) is 34.0 Å². The second-order valence-corrected chi connectivity index (χ2v) is 15.0. The van der Waals surface area contributed by atoms with Crippen molar-refractivity contribution in [2.24, 2.45) is 20.4 Å². The first kappa shape index (κ1) is 42.5. The van der Waals surface area contributed by atoms with Gasteiger partial charge in [-0.3, -0.25) is 30.4 Å². The van der Waals surface area contributed by atoms with Crippen molar-refractivity contribution in [3.05, 3.63) is 113 Å². The molecule has 0 saturated heterocycles. The third-order valence-electron chi connectivity index (χ3n) is 7.96. The number of aryl methyl sites for hydroxylation is 3. The van der Waals surface area contributed by atoms with Gasteiger partial charge in [0.1, 0.15) is 23.4 Å². The van der Waals surface area contributed by atoms with E-state index in [9.17, 15) is 41.4 Å². The first-order valence-corrected chi connectivity index (χ1v) is 19.0. The minimum absolute atomic E-state index is 0.0382. The molecule has 4 rings (SSSR count). The first-order valence-electron chi connectivity index (χ1n) is 16.0. The molecule has 0 fully saturated rings. The molecule has 20 nitrogen and oxygen atoms in total. The second-order valence-electron chi connectivity index (χ2n) is 11.8. The highest BCUT2D eigenvalue weighted by Crippen LogP contribution is 2.33. The number of nitrogens with one attached hydrogen (secondary N) is 3. The fourth-order valence-corrected chi connectivity index (χ4v) is 6.81. The molecule has 296 valence electrons. The van der Waals surface area contributed by atoms with Gasteiger partial charge in [0, 0.05) is 17.2 Å². The molecule has 0 radical (unpaired) electrons. The van der Waals surface area contributed by atoms with Crippen LogP contribution in [0.2, 0.25) is 0 Å². The van der Waals surface area contributed by atoms with E-state index in [1.165, 1.54) is 38.3 Å². The lowest BCUT2D eigenvalue weighted by molar-refractivity contribution is 0.0694. The molecule has 0 spiro atoms. The van der Waals surface area contributed by atoms with Crippen LogP contribution >= 0.6 is 0 Å². The van der Waals surface area contributed by atoms with E-state index < -0.39 is 72.3 Å². The molecular weight excluding hydrogens is 779 g/mol. The van der Waals surface area contributed by atoms with Crippen LogP contribution in [0.3, 0.4) is 0 Å². The summed E-state index contributed by atoms with van der Waals surface area (Å²) in [6.07, 6.45) is 0.720. The molecule has 4 aromatic rings. The quantitative estimate of drug-likeness (QED) is 0.0293. The van der Waals surface area contributed by atoms with E-state index in [1.807, 2.05) is 19.9 Å². The molecule has 0 bridgehead atoms. The van der Waals surface area contributed by atoms with Crippen LogP contribution in [0.4, 0.5) is 22.7 Å². The third-order valence-corrected chi connectivity index (χ3v) is 10.2. The molecule has 0 aliphatic heterocycles. The second kappa shape index (κ2) is 18.0. The molecule has 6 N–H and O–H groups in total. The monoisotopic (exact) mass is 813 g/mol. The van der Waals surface area contributed by atoms with Crippen molar-refractivity contribution in [3.8, 4) is 5.75 Å². The summed E-state index contributed by atoms with van der Waals surface area (Å²) in [7, 11) is -7.59. The Morgan fingerprint density at radius 1 is 0.875 bits per heavy atom. The predicted molar refractivity (Wildman–Crippen MR) is 200 cm³/mol. The minimum atomic E-state index is -4.89. The summed E-state index contributed by atoms with van der Waals surface area (Å²) >= 11 is 0. The molecule has 0 aliphatic rings. The van der Waals surface area contributed by atoms with Crippen LogP contribution in [0, 0.1) is 26.2 Å². The Kier molecular flexibility index (Phi) is 13.6. The molecule has 0 atom stereocenters. The summed E-state index contributed by atoms with van der Waals surface area (Å²) in [4.78, 5) is 38.1. The highest BCUT2D eigenvalue weighted by Gasteiger charge is 2.21. The van der Waals surface area contributed by atoms with Crippen LogP contribution in [0.25, 0.3) is 0 Å². The van der Waals surface area contributed by atoms with E-state index in [1.54, 1.807) is 6.07 Å². The van der Waals surface area contributed by atoms with Crippen LogP contribution in [0.5, 0.6) is 5.75 Å². The zero-order chi connectivity index (χ0) is 41.4. The Bertz CT molecular complexity index is 2680. The minimum Gasteiger partial charge on any atom is -0.494 e. The molecular formula is C34H35N7O13S2. The average Bonchev–Trinajstić information content (AvgIpc) is 3.13. The highest BCUT2D eigenvalue weighted by atomic mass is 32.3. The van der Waals surface area contributed by atoms with Gasteiger partial charge in [-0.25, -0.2) is 17.4 Å². The number of hydrogen-bond acceptors (Lipinski definition) is 18. The molecule has 0 saturated carbocycles. The summed E-state index contributed by atoms with van der Waals surface area (Å²) in [6.45, 7) is 3.42. The Balaban J connectivity index is 1.71. The van der Waals surface area contributed by atoms with Crippen molar-refractivity contribution in [1.82, 2.24) is 0 Å². The number of carboxylic acids is 1. The highest BCUT2D eigenvalue weighted by molar-refractivity contribution is 7.91. The lowest BCUT2D eigenvalue weighted by atomic mass is 10.1. The molecule has 0 amide bonds. The number of hydrogen-bond donors (Lipinski definition) is 6. The standard InChI is InChI=1S/C34H35N7O13S2/c1-18-9-27(29(52-4)11-19(18)2)39-37-25-6-5-23(12-22(25)16-53-17-35)36-40-31-24(34(45)46)14-28(43)32(33(31)44)41-38-26-10-20(3)30(13-21(26)15-42)55(47,48)8-7-54-56(49,50)51/h5-6,9-14,17,35-36,38,42H,7-8,15-16H2,1-4H3,(H,45,46)(H,49,50,51). The average molecular weight is 814 g/mol. The van der Waals surface area contributed by atoms with E-state index in [2.05, 4.69) is 35.5 Å². The van der Waals surface area contributed by atoms with Gasteiger partial charge in [-0.2, -0.15) is 23.7 Å². The number of ether oxygens (including phenoxy) is 2. The fourth-order valence-electron chi connectivity index (χ4n) is 5.01. The van der Waals surface area contributed by atoms with E-state index in [0.717, 1.165) is 23.6 Å². The SMILES string of the molecule is COc1cc(C)c(C)cc1N=Nc1ccc(NN=c2c(C(=O)O)cc(=O)c(=NNc3cc(C)c(S(=O)(=O)CCOS(=O)(=O)O)cc3CO)c2=O)cc1COC=N. The molecule has 0 unspecified atom stereocenters. The van der Waals surface area contributed by atoms with Gasteiger partial charge in [-0.05, 0) is 79.9 Å². The van der Waals surface area contributed by atoms with Gasteiger partial charge in [-0.15, -0.1) is 5.11 Å². The largest absolute Gasteiger partial charge is 0.494 e. The zero-order valence-corrected chi connectivity index (χ0v) is 31.7. The number of aliphatic hydroxyl groups is 1. The van der Waals surface area contributed by atoms with Crippen molar-refractivity contribution >= 4 is 55.4 Å². The number of aliphatic hydroxyl groups excluding tert-OH is 1. The van der Waals surface area contributed by atoms with Crippen molar-refractivity contribution in [3.63, 3.8) is 0 Å². The summed E-state index contributed by atoms with van der Waals surface area (Å²) < 4.78 is 70.6. The number of aromatic carboxylic acids is 1.